The molecule has 3 aromatic carbocycles. The van der Waals surface area contributed by atoms with E-state index in [-0.39, 0.29) is 5.69 Å². The second-order valence-corrected chi connectivity index (χ2v) is 7.96. The number of carbonyl (C=O) groups is 1. The molecule has 10 heteroatoms. The lowest BCUT2D eigenvalue weighted by Crippen LogP contribution is -2.22. The molecular weight excluding hydrogens is 469 g/mol. The van der Waals surface area contributed by atoms with Gasteiger partial charge >= 0.3 is 12.2 Å². The SMILES string of the molecule is CCN(CC)c1ccc(NC(=O)Nc2ccc3ncnc(Nc4cccc(C(F)(F)F)c4)c3c2)cc1. The van der Waals surface area contributed by atoms with Crippen LogP contribution >= 0.6 is 0 Å². The first kappa shape index (κ1) is 24.8. The molecule has 1 aromatic heterocycles. The second-order valence-electron chi connectivity index (χ2n) is 7.96. The molecular formula is C26H25F3N6O. The fraction of sp³-hybridized carbons (Fsp3) is 0.192. The van der Waals surface area contributed by atoms with E-state index in [1.807, 2.05) is 24.3 Å². The van der Waals surface area contributed by atoms with Gasteiger partial charge in [-0.15, -0.1) is 0 Å². The third kappa shape index (κ3) is 5.83. The number of benzene rings is 3. The normalized spacial score (nSPS) is 11.2. The third-order valence-corrected chi connectivity index (χ3v) is 5.60. The van der Waals surface area contributed by atoms with E-state index in [1.54, 1.807) is 18.2 Å². The molecule has 36 heavy (non-hydrogen) atoms. The van der Waals surface area contributed by atoms with Crippen molar-refractivity contribution in [3.63, 3.8) is 0 Å². The van der Waals surface area contributed by atoms with E-state index in [0.29, 0.717) is 28.1 Å². The Hall–Kier alpha value is -4.34. The Morgan fingerprint density at radius 2 is 1.56 bits per heavy atom. The van der Waals surface area contributed by atoms with E-state index >= 15 is 0 Å². The molecule has 0 atom stereocenters. The Bertz CT molecular complexity index is 1350. The highest BCUT2D eigenvalue weighted by atomic mass is 19.4. The van der Waals surface area contributed by atoms with Gasteiger partial charge < -0.3 is 20.9 Å². The van der Waals surface area contributed by atoms with E-state index in [4.69, 9.17) is 0 Å². The van der Waals surface area contributed by atoms with Gasteiger partial charge in [-0.05, 0) is 74.5 Å². The van der Waals surface area contributed by atoms with Crippen LogP contribution in [0.3, 0.4) is 0 Å². The van der Waals surface area contributed by atoms with E-state index in [0.717, 1.165) is 30.9 Å². The number of hydrogen-bond acceptors (Lipinski definition) is 5. The van der Waals surface area contributed by atoms with Crippen molar-refractivity contribution in [2.45, 2.75) is 20.0 Å². The van der Waals surface area contributed by atoms with Crippen LogP contribution in [0.5, 0.6) is 0 Å². The molecule has 7 nitrogen and oxygen atoms in total. The van der Waals surface area contributed by atoms with Crippen molar-refractivity contribution in [1.82, 2.24) is 9.97 Å². The first-order chi connectivity index (χ1) is 17.3. The van der Waals surface area contributed by atoms with Gasteiger partial charge in [0.05, 0.1) is 11.1 Å². The van der Waals surface area contributed by atoms with Gasteiger partial charge in [0.2, 0.25) is 0 Å². The summed E-state index contributed by atoms with van der Waals surface area (Å²) < 4.78 is 39.2. The molecule has 2 amide bonds. The van der Waals surface area contributed by atoms with Crippen molar-refractivity contribution in [3.05, 3.63) is 78.6 Å². The van der Waals surface area contributed by atoms with Gasteiger partial charge in [-0.25, -0.2) is 14.8 Å². The molecule has 0 saturated carbocycles. The summed E-state index contributed by atoms with van der Waals surface area (Å²) >= 11 is 0. The monoisotopic (exact) mass is 494 g/mol. The molecule has 186 valence electrons. The second kappa shape index (κ2) is 10.5. The van der Waals surface area contributed by atoms with Gasteiger partial charge in [0, 0.05) is 41.2 Å². The molecule has 0 radical (unpaired) electrons. The lowest BCUT2D eigenvalue weighted by atomic mass is 10.1. The largest absolute Gasteiger partial charge is 0.416 e. The molecule has 4 rings (SSSR count). The quantitative estimate of drug-likeness (QED) is 0.261. The highest BCUT2D eigenvalue weighted by molar-refractivity contribution is 6.02. The summed E-state index contributed by atoms with van der Waals surface area (Å²) in [4.78, 5) is 23.2. The molecule has 0 fully saturated rings. The molecule has 4 aromatic rings. The Labute approximate surface area is 206 Å². The van der Waals surface area contributed by atoms with Crippen molar-refractivity contribution in [2.75, 3.05) is 33.9 Å². The van der Waals surface area contributed by atoms with E-state index < -0.39 is 17.8 Å². The first-order valence-corrected chi connectivity index (χ1v) is 11.4. The number of nitrogens with zero attached hydrogens (tertiary/aromatic N) is 3. The lowest BCUT2D eigenvalue weighted by molar-refractivity contribution is -0.137. The van der Waals surface area contributed by atoms with Gasteiger partial charge in [0.1, 0.15) is 12.1 Å². The number of rotatable bonds is 7. The minimum absolute atomic E-state index is 0.231. The number of alkyl halides is 3. The van der Waals surface area contributed by atoms with Gasteiger partial charge in [-0.3, -0.25) is 0 Å². The van der Waals surface area contributed by atoms with Crippen molar-refractivity contribution in [1.29, 1.82) is 0 Å². The molecule has 0 bridgehead atoms. The molecule has 3 N–H and O–H groups in total. The highest BCUT2D eigenvalue weighted by Gasteiger charge is 2.30. The number of carbonyl (C=O) groups excluding carboxylic acids is 1. The maximum Gasteiger partial charge on any atom is 0.416 e. The van der Waals surface area contributed by atoms with Crippen LogP contribution in [0.2, 0.25) is 0 Å². The molecule has 0 unspecified atom stereocenters. The molecule has 0 spiro atoms. The van der Waals surface area contributed by atoms with Crippen LogP contribution in [-0.4, -0.2) is 29.1 Å². The average molecular weight is 495 g/mol. The summed E-state index contributed by atoms with van der Waals surface area (Å²) in [5, 5.41) is 9.02. The summed E-state index contributed by atoms with van der Waals surface area (Å²) in [6, 6.07) is 17.0. The van der Waals surface area contributed by atoms with Crippen LogP contribution in [-0.2, 0) is 6.18 Å². The maximum atomic E-state index is 13.1. The Morgan fingerprint density at radius 1 is 0.861 bits per heavy atom. The smallest absolute Gasteiger partial charge is 0.372 e. The summed E-state index contributed by atoms with van der Waals surface area (Å²) in [5.74, 6) is 0.315. The first-order valence-electron chi connectivity index (χ1n) is 11.4. The molecule has 0 aliphatic rings. The van der Waals surface area contributed by atoms with Gasteiger partial charge in [0.25, 0.3) is 0 Å². The summed E-state index contributed by atoms with van der Waals surface area (Å²) in [7, 11) is 0. The number of anilines is 5. The molecule has 0 aliphatic heterocycles. The highest BCUT2D eigenvalue weighted by Crippen LogP contribution is 2.32. The number of halogens is 3. The molecule has 0 saturated heterocycles. The molecule has 0 aliphatic carbocycles. The van der Waals surface area contributed by atoms with Crippen molar-refractivity contribution in [2.24, 2.45) is 0 Å². The standard InChI is InChI=1S/C26H25F3N6O/c1-3-35(4-2)21-11-8-18(9-12-21)33-25(36)34-20-10-13-23-22(15-20)24(31-16-30-23)32-19-7-5-6-17(14-19)26(27,28)29/h5-16H,3-4H2,1-2H3,(H,30,31,32)(H2,33,34,36). The number of hydrogen-bond donors (Lipinski definition) is 3. The summed E-state index contributed by atoms with van der Waals surface area (Å²) in [6.45, 7) is 5.94. The van der Waals surface area contributed by atoms with Crippen LogP contribution in [0.15, 0.2) is 73.1 Å². The zero-order valence-electron chi connectivity index (χ0n) is 19.7. The maximum absolute atomic E-state index is 13.1. The zero-order chi connectivity index (χ0) is 25.7. The Balaban J connectivity index is 1.50. The summed E-state index contributed by atoms with van der Waals surface area (Å²) in [6.07, 6.45) is -3.14. The number of nitrogens with one attached hydrogen (secondary N) is 3. The van der Waals surface area contributed by atoms with Gasteiger partial charge in [-0.2, -0.15) is 13.2 Å². The third-order valence-electron chi connectivity index (χ3n) is 5.60. The van der Waals surface area contributed by atoms with E-state index in [2.05, 4.69) is 44.7 Å². The number of urea groups is 1. The van der Waals surface area contributed by atoms with Crippen LogP contribution in [0.25, 0.3) is 10.9 Å². The Morgan fingerprint density at radius 3 is 2.25 bits per heavy atom. The topological polar surface area (TPSA) is 82.2 Å². The van der Waals surface area contributed by atoms with Crippen LogP contribution in [0.1, 0.15) is 19.4 Å². The minimum Gasteiger partial charge on any atom is -0.372 e. The fourth-order valence-electron chi connectivity index (χ4n) is 3.78. The van der Waals surface area contributed by atoms with Crippen LogP contribution in [0, 0.1) is 0 Å². The van der Waals surface area contributed by atoms with Crippen molar-refractivity contribution >= 4 is 45.5 Å². The van der Waals surface area contributed by atoms with Crippen molar-refractivity contribution < 1.29 is 18.0 Å². The zero-order valence-corrected chi connectivity index (χ0v) is 19.7. The van der Waals surface area contributed by atoms with E-state index in [1.165, 1.54) is 18.5 Å². The number of aromatic nitrogens is 2. The minimum atomic E-state index is -4.46. The lowest BCUT2D eigenvalue weighted by Gasteiger charge is -2.21. The van der Waals surface area contributed by atoms with Crippen LogP contribution in [0.4, 0.5) is 46.5 Å². The Kier molecular flexibility index (Phi) is 7.23. The predicted molar refractivity (Wildman–Crippen MR) is 137 cm³/mol. The summed E-state index contributed by atoms with van der Waals surface area (Å²) in [5.41, 5.74) is 2.21. The van der Waals surface area contributed by atoms with Crippen LogP contribution < -0.4 is 20.9 Å². The molecule has 1 heterocycles. The average Bonchev–Trinajstić information content (AvgIpc) is 2.86. The van der Waals surface area contributed by atoms with Gasteiger partial charge in [0.15, 0.2) is 0 Å². The van der Waals surface area contributed by atoms with Gasteiger partial charge in [-0.1, -0.05) is 6.07 Å². The fourth-order valence-corrected chi connectivity index (χ4v) is 3.78. The number of fused-ring (bicyclic) bond motifs is 1. The van der Waals surface area contributed by atoms with E-state index in [9.17, 15) is 18.0 Å². The predicted octanol–water partition coefficient (Wildman–Crippen LogP) is 6.88. The number of amides is 2. The van der Waals surface area contributed by atoms with Crippen molar-refractivity contribution in [3.8, 4) is 0 Å².